The van der Waals surface area contributed by atoms with Gasteiger partial charge >= 0.3 is 0 Å². The van der Waals surface area contributed by atoms with E-state index < -0.39 is 0 Å². The number of hydrogen-bond donors (Lipinski definition) is 3. The van der Waals surface area contributed by atoms with E-state index in [4.69, 9.17) is 4.74 Å². The van der Waals surface area contributed by atoms with E-state index in [-0.39, 0.29) is 29.9 Å². The molecular formula is C16H33IN4O2. The van der Waals surface area contributed by atoms with E-state index in [1.807, 2.05) is 0 Å². The summed E-state index contributed by atoms with van der Waals surface area (Å²) in [5, 5.41) is 9.40. The van der Waals surface area contributed by atoms with Gasteiger partial charge in [-0.15, -0.1) is 24.0 Å². The molecule has 0 radical (unpaired) electrons. The number of hydrogen-bond acceptors (Lipinski definition) is 3. The quantitative estimate of drug-likeness (QED) is 0.199. The van der Waals surface area contributed by atoms with Crippen LogP contribution in [0.4, 0.5) is 0 Å². The summed E-state index contributed by atoms with van der Waals surface area (Å²) in [6.07, 6.45) is 4.75. The molecule has 0 aromatic carbocycles. The van der Waals surface area contributed by atoms with Crippen molar-refractivity contribution in [1.82, 2.24) is 16.0 Å². The third kappa shape index (κ3) is 13.6. The van der Waals surface area contributed by atoms with Crippen LogP contribution in [0.3, 0.4) is 0 Å². The number of carbonyl (C=O) groups excluding carboxylic acids is 1. The molecule has 0 bridgehead atoms. The minimum atomic E-state index is 0. The first-order valence-corrected chi connectivity index (χ1v) is 8.43. The summed E-state index contributed by atoms with van der Waals surface area (Å²) in [6, 6.07) is 0.450. The first-order valence-electron chi connectivity index (χ1n) is 8.43. The van der Waals surface area contributed by atoms with Crippen LogP contribution in [-0.4, -0.2) is 51.3 Å². The summed E-state index contributed by atoms with van der Waals surface area (Å²) in [7, 11) is 1.74. The Labute approximate surface area is 157 Å². The van der Waals surface area contributed by atoms with E-state index in [1.165, 1.54) is 0 Å². The molecule has 7 heteroatoms. The molecule has 1 aliphatic carbocycles. The lowest BCUT2D eigenvalue weighted by molar-refractivity contribution is -0.121. The summed E-state index contributed by atoms with van der Waals surface area (Å²) in [5.41, 5.74) is 0. The standard InChI is InChI=1S/C16H32N4O2.HI/c1-13(2)8-11-22-12-10-19-16(17-3)18-9-4-5-15(21)20-14-6-7-14;/h13-14H,4-12H2,1-3H3,(H,20,21)(H2,17,18,19);1H. The second kappa shape index (κ2) is 13.8. The molecule has 6 nitrogen and oxygen atoms in total. The SMILES string of the molecule is CN=C(NCCCC(=O)NC1CC1)NCCOCCC(C)C.I. The number of aliphatic imine (C=N–C) groups is 1. The van der Waals surface area contributed by atoms with Crippen LogP contribution >= 0.6 is 24.0 Å². The second-order valence-corrected chi connectivity index (χ2v) is 6.17. The fourth-order valence-electron chi connectivity index (χ4n) is 1.87. The van der Waals surface area contributed by atoms with Gasteiger partial charge in [-0.3, -0.25) is 9.79 Å². The van der Waals surface area contributed by atoms with Gasteiger partial charge in [0.25, 0.3) is 0 Å². The molecule has 0 saturated heterocycles. The molecule has 0 aromatic rings. The van der Waals surface area contributed by atoms with E-state index >= 15 is 0 Å². The number of nitrogens with one attached hydrogen (secondary N) is 3. The third-order valence-corrected chi connectivity index (χ3v) is 3.42. The molecule has 1 fully saturated rings. The molecule has 0 spiro atoms. The maximum Gasteiger partial charge on any atom is 0.220 e. The van der Waals surface area contributed by atoms with Gasteiger partial charge in [0.1, 0.15) is 0 Å². The number of nitrogens with zero attached hydrogens (tertiary/aromatic N) is 1. The van der Waals surface area contributed by atoms with Crippen molar-refractivity contribution in [1.29, 1.82) is 0 Å². The summed E-state index contributed by atoms with van der Waals surface area (Å²) in [6.45, 7) is 7.35. The van der Waals surface area contributed by atoms with Crippen molar-refractivity contribution in [3.05, 3.63) is 0 Å². The van der Waals surface area contributed by atoms with Gasteiger partial charge in [-0.1, -0.05) is 13.8 Å². The monoisotopic (exact) mass is 440 g/mol. The Balaban J connectivity index is 0.00000484. The third-order valence-electron chi connectivity index (χ3n) is 3.42. The van der Waals surface area contributed by atoms with E-state index in [2.05, 4.69) is 34.8 Å². The van der Waals surface area contributed by atoms with E-state index in [1.54, 1.807) is 7.05 Å². The molecule has 1 amide bonds. The van der Waals surface area contributed by atoms with Crippen LogP contribution in [-0.2, 0) is 9.53 Å². The van der Waals surface area contributed by atoms with Crippen LogP contribution < -0.4 is 16.0 Å². The topological polar surface area (TPSA) is 74.8 Å². The van der Waals surface area contributed by atoms with Gasteiger partial charge in [0, 0.05) is 39.2 Å². The summed E-state index contributed by atoms with van der Waals surface area (Å²) in [4.78, 5) is 15.7. The number of guanidine groups is 1. The minimum absolute atomic E-state index is 0. The Hall–Kier alpha value is -0.570. The summed E-state index contributed by atoms with van der Waals surface area (Å²) >= 11 is 0. The average molecular weight is 440 g/mol. The Bertz CT molecular complexity index is 347. The van der Waals surface area contributed by atoms with Gasteiger partial charge in [0.05, 0.1) is 6.61 Å². The van der Waals surface area contributed by atoms with Crippen molar-refractivity contribution >= 4 is 35.8 Å². The number of rotatable bonds is 11. The van der Waals surface area contributed by atoms with Crippen LogP contribution in [0.25, 0.3) is 0 Å². The number of amides is 1. The normalized spacial score (nSPS) is 14.3. The van der Waals surface area contributed by atoms with Crippen LogP contribution in [0.1, 0.15) is 46.0 Å². The lowest BCUT2D eigenvalue weighted by atomic mass is 10.1. The molecule has 136 valence electrons. The van der Waals surface area contributed by atoms with Crippen LogP contribution in [0.15, 0.2) is 4.99 Å². The molecule has 1 aliphatic rings. The van der Waals surface area contributed by atoms with E-state index in [0.717, 1.165) is 51.3 Å². The minimum Gasteiger partial charge on any atom is -0.380 e. The Morgan fingerprint density at radius 2 is 1.91 bits per heavy atom. The van der Waals surface area contributed by atoms with E-state index in [9.17, 15) is 4.79 Å². The van der Waals surface area contributed by atoms with Crippen molar-refractivity contribution in [3.63, 3.8) is 0 Å². The largest absolute Gasteiger partial charge is 0.380 e. The summed E-state index contributed by atoms with van der Waals surface area (Å²) in [5.74, 6) is 1.60. The molecule has 0 aliphatic heterocycles. The molecule has 0 atom stereocenters. The van der Waals surface area contributed by atoms with Gasteiger partial charge in [0.2, 0.25) is 5.91 Å². The Morgan fingerprint density at radius 3 is 2.52 bits per heavy atom. The molecule has 1 rings (SSSR count). The highest BCUT2D eigenvalue weighted by molar-refractivity contribution is 14.0. The number of carbonyl (C=O) groups is 1. The predicted molar refractivity (Wildman–Crippen MR) is 105 cm³/mol. The van der Waals surface area contributed by atoms with Crippen LogP contribution in [0.5, 0.6) is 0 Å². The summed E-state index contributed by atoms with van der Waals surface area (Å²) < 4.78 is 5.54. The van der Waals surface area contributed by atoms with Gasteiger partial charge < -0.3 is 20.7 Å². The van der Waals surface area contributed by atoms with Crippen molar-refractivity contribution in [2.24, 2.45) is 10.9 Å². The van der Waals surface area contributed by atoms with Crippen molar-refractivity contribution in [2.75, 3.05) is 33.4 Å². The zero-order valence-corrected chi connectivity index (χ0v) is 17.0. The van der Waals surface area contributed by atoms with Gasteiger partial charge in [0.15, 0.2) is 5.96 Å². The van der Waals surface area contributed by atoms with Crippen molar-refractivity contribution in [3.8, 4) is 0 Å². The molecule has 23 heavy (non-hydrogen) atoms. The average Bonchev–Trinajstić information content (AvgIpc) is 3.28. The van der Waals surface area contributed by atoms with Crippen LogP contribution in [0, 0.1) is 5.92 Å². The molecular weight excluding hydrogens is 407 g/mol. The first kappa shape index (κ1) is 22.4. The highest BCUT2D eigenvalue weighted by Gasteiger charge is 2.22. The van der Waals surface area contributed by atoms with Crippen molar-refractivity contribution in [2.45, 2.75) is 52.0 Å². The maximum absolute atomic E-state index is 11.5. The van der Waals surface area contributed by atoms with Gasteiger partial charge in [-0.2, -0.15) is 0 Å². The van der Waals surface area contributed by atoms with Crippen LogP contribution in [0.2, 0.25) is 0 Å². The smallest absolute Gasteiger partial charge is 0.220 e. The number of halogens is 1. The van der Waals surface area contributed by atoms with Crippen molar-refractivity contribution < 1.29 is 9.53 Å². The van der Waals surface area contributed by atoms with E-state index in [0.29, 0.717) is 25.0 Å². The highest BCUT2D eigenvalue weighted by Crippen LogP contribution is 2.18. The lowest BCUT2D eigenvalue weighted by Crippen LogP contribution is -2.39. The van der Waals surface area contributed by atoms with Gasteiger partial charge in [-0.25, -0.2) is 0 Å². The maximum atomic E-state index is 11.5. The molecule has 3 N–H and O–H groups in total. The molecule has 0 unspecified atom stereocenters. The first-order chi connectivity index (χ1) is 10.6. The second-order valence-electron chi connectivity index (χ2n) is 6.17. The fourth-order valence-corrected chi connectivity index (χ4v) is 1.87. The molecule has 1 saturated carbocycles. The molecule has 0 aromatic heterocycles. The Morgan fingerprint density at radius 1 is 1.22 bits per heavy atom. The molecule has 0 heterocycles. The highest BCUT2D eigenvalue weighted by atomic mass is 127. The fraction of sp³-hybridized carbons (Fsp3) is 0.875. The lowest BCUT2D eigenvalue weighted by Gasteiger charge is -2.12. The predicted octanol–water partition coefficient (Wildman–Crippen LogP) is 1.89. The zero-order valence-electron chi connectivity index (χ0n) is 14.7. The Kier molecular flexibility index (Phi) is 13.5. The van der Waals surface area contributed by atoms with Gasteiger partial charge in [-0.05, 0) is 31.6 Å². The zero-order chi connectivity index (χ0) is 16.2. The number of ether oxygens (including phenoxy) is 1.